The van der Waals surface area contributed by atoms with Gasteiger partial charge in [-0.15, -0.1) is 0 Å². The highest BCUT2D eigenvalue weighted by Gasteiger charge is 2.03. The maximum absolute atomic E-state index is 5.71. The van der Waals surface area contributed by atoms with Gasteiger partial charge in [-0.2, -0.15) is 0 Å². The molecule has 0 fully saturated rings. The van der Waals surface area contributed by atoms with Crippen molar-refractivity contribution in [3.63, 3.8) is 0 Å². The largest absolute Gasteiger partial charge is 0.489 e. The smallest absolute Gasteiger partial charge is 0.144 e. The fraction of sp³-hybridized carbons (Fsp3) is 0.400. The molecule has 2 aromatic carbocycles. The number of hydrogen-bond acceptors (Lipinski definition) is 8. The van der Waals surface area contributed by atoms with Crippen LogP contribution in [0.1, 0.15) is 13.8 Å². The lowest BCUT2D eigenvalue weighted by molar-refractivity contribution is 0.110. The molecule has 0 saturated carbocycles. The molecule has 0 aliphatic rings. The fourth-order valence-corrected chi connectivity index (χ4v) is 2.08. The molecule has 8 heteroatoms. The van der Waals surface area contributed by atoms with Crippen molar-refractivity contribution in [2.45, 2.75) is 13.8 Å². The lowest BCUT2D eigenvalue weighted by Crippen LogP contribution is -2.08. The Morgan fingerprint density at radius 1 is 0.607 bits per heavy atom. The lowest BCUT2D eigenvalue weighted by atomic mass is 10.2. The molecule has 0 amide bonds. The highest BCUT2D eigenvalue weighted by molar-refractivity contribution is 5.71. The summed E-state index contributed by atoms with van der Waals surface area (Å²) in [5.74, 6) is 1.23. The monoisotopic (exact) mass is 392 g/mol. The van der Waals surface area contributed by atoms with Crippen molar-refractivity contribution in [2.75, 3.05) is 62.6 Å². The number of nitrogens with two attached hydrogens (primary N) is 4. The van der Waals surface area contributed by atoms with Gasteiger partial charge in [0.15, 0.2) is 0 Å². The molecule has 0 spiro atoms. The van der Waals surface area contributed by atoms with E-state index in [1.54, 1.807) is 24.3 Å². The van der Waals surface area contributed by atoms with Crippen LogP contribution in [-0.4, -0.2) is 39.6 Å². The minimum absolute atomic E-state index is 0.488. The quantitative estimate of drug-likeness (QED) is 0.357. The highest BCUT2D eigenvalue weighted by atomic mass is 16.5. The molecule has 0 atom stereocenters. The van der Waals surface area contributed by atoms with E-state index < -0.39 is 0 Å². The van der Waals surface area contributed by atoms with Crippen LogP contribution in [0, 0.1) is 0 Å². The number of anilines is 4. The summed E-state index contributed by atoms with van der Waals surface area (Å²) < 4.78 is 21.0. The molecule has 0 bridgehead atoms. The SMILES string of the molecule is CCOCCOc1cccc(N)c1N.CCOCCOc1cccc(N)c1N. The van der Waals surface area contributed by atoms with Crippen LogP contribution >= 0.6 is 0 Å². The third-order valence-corrected chi connectivity index (χ3v) is 3.58. The molecule has 2 aromatic rings. The number of benzene rings is 2. The fourth-order valence-electron chi connectivity index (χ4n) is 2.08. The van der Waals surface area contributed by atoms with E-state index in [1.807, 2.05) is 26.0 Å². The second-order valence-electron chi connectivity index (χ2n) is 5.61. The molecule has 28 heavy (non-hydrogen) atoms. The molecular weight excluding hydrogens is 360 g/mol. The molecule has 0 aliphatic carbocycles. The van der Waals surface area contributed by atoms with Crippen LogP contribution in [0.4, 0.5) is 22.7 Å². The van der Waals surface area contributed by atoms with Gasteiger partial charge in [0, 0.05) is 13.2 Å². The summed E-state index contributed by atoms with van der Waals surface area (Å²) in [6.45, 7) is 7.35. The average Bonchev–Trinajstić information content (AvgIpc) is 2.69. The minimum atomic E-state index is 0.488. The van der Waals surface area contributed by atoms with Gasteiger partial charge in [0.2, 0.25) is 0 Å². The molecular formula is C20H32N4O4. The minimum Gasteiger partial charge on any atom is -0.489 e. The van der Waals surface area contributed by atoms with E-state index in [-0.39, 0.29) is 0 Å². The van der Waals surface area contributed by atoms with Crippen molar-refractivity contribution in [3.05, 3.63) is 36.4 Å². The van der Waals surface area contributed by atoms with Crippen molar-refractivity contribution < 1.29 is 18.9 Å². The molecule has 8 N–H and O–H groups in total. The van der Waals surface area contributed by atoms with E-state index in [0.717, 1.165) is 0 Å². The normalized spacial score (nSPS) is 10.1. The Balaban J connectivity index is 0.000000280. The highest BCUT2D eigenvalue weighted by Crippen LogP contribution is 2.27. The van der Waals surface area contributed by atoms with Crippen LogP contribution in [0.15, 0.2) is 36.4 Å². The zero-order valence-electron chi connectivity index (χ0n) is 16.6. The van der Waals surface area contributed by atoms with Gasteiger partial charge >= 0.3 is 0 Å². The number of para-hydroxylation sites is 2. The summed E-state index contributed by atoms with van der Waals surface area (Å²) in [6.07, 6.45) is 0. The number of hydrogen-bond donors (Lipinski definition) is 4. The van der Waals surface area contributed by atoms with Crippen molar-refractivity contribution in [3.8, 4) is 11.5 Å². The Morgan fingerprint density at radius 2 is 1.00 bits per heavy atom. The summed E-state index contributed by atoms with van der Waals surface area (Å²) in [4.78, 5) is 0. The first kappa shape index (κ1) is 23.2. The zero-order valence-corrected chi connectivity index (χ0v) is 16.6. The summed E-state index contributed by atoms with van der Waals surface area (Å²) in [5, 5.41) is 0. The molecule has 0 unspecified atom stereocenters. The number of rotatable bonds is 10. The molecule has 0 aromatic heterocycles. The maximum atomic E-state index is 5.71. The average molecular weight is 393 g/mol. The van der Waals surface area contributed by atoms with Gasteiger partial charge in [-0.25, -0.2) is 0 Å². The van der Waals surface area contributed by atoms with Crippen LogP contribution < -0.4 is 32.4 Å². The maximum Gasteiger partial charge on any atom is 0.144 e. The lowest BCUT2D eigenvalue weighted by Gasteiger charge is -2.09. The second kappa shape index (κ2) is 13.3. The summed E-state index contributed by atoms with van der Waals surface area (Å²) >= 11 is 0. The Bertz CT molecular complexity index is 638. The van der Waals surface area contributed by atoms with E-state index >= 15 is 0 Å². The Labute approximate surface area is 166 Å². The number of ether oxygens (including phenoxy) is 4. The van der Waals surface area contributed by atoms with Gasteiger partial charge < -0.3 is 41.9 Å². The topological polar surface area (TPSA) is 141 Å². The standard InChI is InChI=1S/2C10H16N2O2/c2*1-2-13-6-7-14-9-5-3-4-8(11)10(9)12/h2*3-5H,2,6-7,11-12H2,1H3. The van der Waals surface area contributed by atoms with Gasteiger partial charge in [0.25, 0.3) is 0 Å². The predicted molar refractivity (Wildman–Crippen MR) is 115 cm³/mol. The van der Waals surface area contributed by atoms with Crippen molar-refractivity contribution >= 4 is 22.7 Å². The van der Waals surface area contributed by atoms with Gasteiger partial charge in [-0.1, -0.05) is 12.1 Å². The summed E-state index contributed by atoms with van der Waals surface area (Å²) in [5.41, 5.74) is 24.7. The Morgan fingerprint density at radius 3 is 1.36 bits per heavy atom. The predicted octanol–water partition coefficient (Wildman–Crippen LogP) is 2.53. The van der Waals surface area contributed by atoms with Gasteiger partial charge in [0.05, 0.1) is 36.0 Å². The molecule has 0 radical (unpaired) electrons. The third kappa shape index (κ3) is 8.24. The van der Waals surface area contributed by atoms with E-state index in [0.29, 0.717) is 73.9 Å². The van der Waals surface area contributed by atoms with Crippen molar-refractivity contribution in [1.82, 2.24) is 0 Å². The zero-order chi connectivity index (χ0) is 20.8. The van der Waals surface area contributed by atoms with Crippen LogP contribution in [0.5, 0.6) is 11.5 Å². The second-order valence-corrected chi connectivity index (χ2v) is 5.61. The number of nitrogen functional groups attached to an aromatic ring is 4. The first-order valence-electron chi connectivity index (χ1n) is 9.20. The van der Waals surface area contributed by atoms with Gasteiger partial charge in [-0.3, -0.25) is 0 Å². The van der Waals surface area contributed by atoms with Crippen LogP contribution in [-0.2, 0) is 9.47 Å². The third-order valence-electron chi connectivity index (χ3n) is 3.58. The first-order chi connectivity index (χ1) is 13.5. The van der Waals surface area contributed by atoms with E-state index in [2.05, 4.69) is 0 Å². The van der Waals surface area contributed by atoms with Crippen LogP contribution in [0.25, 0.3) is 0 Å². The van der Waals surface area contributed by atoms with Crippen molar-refractivity contribution in [1.29, 1.82) is 0 Å². The van der Waals surface area contributed by atoms with Crippen molar-refractivity contribution in [2.24, 2.45) is 0 Å². The first-order valence-corrected chi connectivity index (χ1v) is 9.20. The molecule has 156 valence electrons. The van der Waals surface area contributed by atoms with E-state index in [9.17, 15) is 0 Å². The molecule has 0 heterocycles. The molecule has 8 nitrogen and oxygen atoms in total. The molecule has 2 rings (SSSR count). The summed E-state index contributed by atoms with van der Waals surface area (Å²) in [6, 6.07) is 10.7. The van der Waals surface area contributed by atoms with Crippen LogP contribution in [0.2, 0.25) is 0 Å². The van der Waals surface area contributed by atoms with E-state index in [1.165, 1.54) is 0 Å². The Hall–Kier alpha value is -2.84. The van der Waals surface area contributed by atoms with Gasteiger partial charge in [0.1, 0.15) is 24.7 Å². The molecule has 0 saturated heterocycles. The van der Waals surface area contributed by atoms with Gasteiger partial charge in [-0.05, 0) is 38.1 Å². The Kier molecular flexibility index (Phi) is 11.1. The van der Waals surface area contributed by atoms with Crippen LogP contribution in [0.3, 0.4) is 0 Å². The van der Waals surface area contributed by atoms with E-state index in [4.69, 9.17) is 41.9 Å². The summed E-state index contributed by atoms with van der Waals surface area (Å²) in [7, 11) is 0. The molecule has 0 aliphatic heterocycles.